The molecule has 0 saturated heterocycles. The van der Waals surface area contributed by atoms with Gasteiger partial charge in [-0.05, 0) is 23.0 Å². The summed E-state index contributed by atoms with van der Waals surface area (Å²) in [5.41, 5.74) is 7.42. The lowest BCUT2D eigenvalue weighted by Gasteiger charge is -2.36. The number of benzene rings is 1. The first-order valence-electron chi connectivity index (χ1n) is 6.96. The molecular formula is C16H22N2O2. The van der Waals surface area contributed by atoms with Crippen LogP contribution in [-0.2, 0) is 16.0 Å². The Balaban J connectivity index is 2.32. The highest BCUT2D eigenvalue weighted by molar-refractivity contribution is 5.88. The Bertz CT molecular complexity index is 532. The fraction of sp³-hybridized carbons (Fsp3) is 0.500. The van der Waals surface area contributed by atoms with Gasteiger partial charge in [0.25, 0.3) is 0 Å². The summed E-state index contributed by atoms with van der Waals surface area (Å²) in [5.74, 6) is -0.463. The Labute approximate surface area is 119 Å². The largest absolute Gasteiger partial charge is 0.368 e. The van der Waals surface area contributed by atoms with Gasteiger partial charge in [0.1, 0.15) is 6.04 Å². The van der Waals surface area contributed by atoms with Gasteiger partial charge in [-0.3, -0.25) is 9.59 Å². The summed E-state index contributed by atoms with van der Waals surface area (Å²) in [4.78, 5) is 25.9. The molecule has 4 nitrogen and oxygen atoms in total. The summed E-state index contributed by atoms with van der Waals surface area (Å²) >= 11 is 0. The predicted molar refractivity (Wildman–Crippen MR) is 77.9 cm³/mol. The quantitative estimate of drug-likeness (QED) is 0.897. The highest BCUT2D eigenvalue weighted by atomic mass is 16.2. The van der Waals surface area contributed by atoms with E-state index in [0.29, 0.717) is 13.0 Å². The molecule has 2 amide bonds. The number of hydrogen-bond donors (Lipinski definition) is 1. The lowest BCUT2D eigenvalue weighted by atomic mass is 9.88. The van der Waals surface area contributed by atoms with Crippen molar-refractivity contribution in [2.75, 3.05) is 6.54 Å². The van der Waals surface area contributed by atoms with Crippen molar-refractivity contribution >= 4 is 11.8 Å². The maximum Gasteiger partial charge on any atom is 0.244 e. The summed E-state index contributed by atoms with van der Waals surface area (Å²) in [6.45, 7) is 6.60. The molecule has 108 valence electrons. The smallest absolute Gasteiger partial charge is 0.244 e. The summed E-state index contributed by atoms with van der Waals surface area (Å²) in [7, 11) is 0. The molecule has 1 atom stereocenters. The maximum absolute atomic E-state index is 12.5. The average molecular weight is 274 g/mol. The molecule has 0 saturated carbocycles. The van der Waals surface area contributed by atoms with Gasteiger partial charge < -0.3 is 10.6 Å². The third kappa shape index (κ3) is 3.00. The SMILES string of the molecule is CC(C)(C)CC(=O)N1CCc2ccccc2C1C(N)=O. The molecule has 0 spiro atoms. The Hall–Kier alpha value is -1.84. The zero-order chi connectivity index (χ0) is 14.9. The van der Waals surface area contributed by atoms with Crippen LogP contribution in [0.3, 0.4) is 0 Å². The number of carbonyl (C=O) groups is 2. The summed E-state index contributed by atoms with van der Waals surface area (Å²) in [6, 6.07) is 7.09. The molecule has 1 aromatic carbocycles. The van der Waals surface area contributed by atoms with E-state index in [2.05, 4.69) is 0 Å². The number of hydrogen-bond acceptors (Lipinski definition) is 2. The van der Waals surface area contributed by atoms with Crippen molar-refractivity contribution in [3.8, 4) is 0 Å². The Morgan fingerprint density at radius 3 is 2.55 bits per heavy atom. The number of amides is 2. The zero-order valence-corrected chi connectivity index (χ0v) is 12.3. The maximum atomic E-state index is 12.5. The van der Waals surface area contributed by atoms with E-state index in [-0.39, 0.29) is 11.3 Å². The van der Waals surface area contributed by atoms with Crippen LogP contribution in [0.25, 0.3) is 0 Å². The first kappa shape index (κ1) is 14.6. The molecule has 2 rings (SSSR count). The molecule has 1 heterocycles. The molecule has 1 aliphatic heterocycles. The van der Waals surface area contributed by atoms with Gasteiger partial charge >= 0.3 is 0 Å². The van der Waals surface area contributed by atoms with Crippen molar-refractivity contribution in [1.29, 1.82) is 0 Å². The number of fused-ring (bicyclic) bond motifs is 1. The van der Waals surface area contributed by atoms with E-state index in [0.717, 1.165) is 17.5 Å². The van der Waals surface area contributed by atoms with Crippen LogP contribution in [0.4, 0.5) is 0 Å². The average Bonchev–Trinajstić information content (AvgIpc) is 2.35. The number of nitrogens with two attached hydrogens (primary N) is 1. The first-order chi connectivity index (χ1) is 9.29. The lowest BCUT2D eigenvalue weighted by Crippen LogP contribution is -2.46. The lowest BCUT2D eigenvalue weighted by molar-refractivity contribution is -0.141. The van der Waals surface area contributed by atoms with Crippen molar-refractivity contribution in [3.63, 3.8) is 0 Å². The molecule has 0 aromatic heterocycles. The Kier molecular flexibility index (Phi) is 3.84. The van der Waals surface area contributed by atoms with Crippen LogP contribution >= 0.6 is 0 Å². The minimum atomic E-state index is -0.630. The van der Waals surface area contributed by atoms with Gasteiger partial charge in [-0.2, -0.15) is 0 Å². The molecule has 20 heavy (non-hydrogen) atoms. The third-order valence-electron chi connectivity index (χ3n) is 3.55. The minimum absolute atomic E-state index is 0.00389. The molecular weight excluding hydrogens is 252 g/mol. The third-order valence-corrected chi connectivity index (χ3v) is 3.55. The van der Waals surface area contributed by atoms with Crippen molar-refractivity contribution in [1.82, 2.24) is 4.90 Å². The first-order valence-corrected chi connectivity index (χ1v) is 6.96. The molecule has 0 aliphatic carbocycles. The minimum Gasteiger partial charge on any atom is -0.368 e. The van der Waals surface area contributed by atoms with Crippen LogP contribution in [-0.4, -0.2) is 23.3 Å². The van der Waals surface area contributed by atoms with E-state index in [4.69, 9.17) is 5.73 Å². The van der Waals surface area contributed by atoms with Crippen molar-refractivity contribution in [3.05, 3.63) is 35.4 Å². The second-order valence-corrected chi connectivity index (χ2v) is 6.58. The molecule has 0 fully saturated rings. The van der Waals surface area contributed by atoms with Gasteiger partial charge in [0.2, 0.25) is 11.8 Å². The number of primary amides is 1. The summed E-state index contributed by atoms with van der Waals surface area (Å²) in [5, 5.41) is 0. The van der Waals surface area contributed by atoms with Crippen LogP contribution in [0, 0.1) is 5.41 Å². The van der Waals surface area contributed by atoms with Crippen molar-refractivity contribution < 1.29 is 9.59 Å². The number of rotatable bonds is 2. The molecule has 0 bridgehead atoms. The topological polar surface area (TPSA) is 63.4 Å². The molecule has 1 aliphatic rings. The van der Waals surface area contributed by atoms with E-state index in [1.807, 2.05) is 45.0 Å². The van der Waals surface area contributed by atoms with E-state index >= 15 is 0 Å². The van der Waals surface area contributed by atoms with Crippen LogP contribution in [0.15, 0.2) is 24.3 Å². The van der Waals surface area contributed by atoms with Crippen LogP contribution in [0.2, 0.25) is 0 Å². The normalized spacial score (nSPS) is 18.6. The highest BCUT2D eigenvalue weighted by Crippen LogP contribution is 2.31. The van der Waals surface area contributed by atoms with Gasteiger partial charge in [0, 0.05) is 13.0 Å². The van der Waals surface area contributed by atoms with Crippen molar-refractivity contribution in [2.24, 2.45) is 11.1 Å². The summed E-state index contributed by atoms with van der Waals surface area (Å²) in [6.07, 6.45) is 1.19. The molecule has 1 aromatic rings. The second kappa shape index (κ2) is 5.27. The number of carbonyl (C=O) groups excluding carboxylic acids is 2. The van der Waals surface area contributed by atoms with Gasteiger partial charge in [-0.1, -0.05) is 45.0 Å². The van der Waals surface area contributed by atoms with Gasteiger partial charge in [0.05, 0.1) is 0 Å². The standard InChI is InChI=1S/C16H22N2O2/c1-16(2,3)10-13(19)18-9-8-11-6-4-5-7-12(11)14(18)15(17)20/h4-7,14H,8-10H2,1-3H3,(H2,17,20). The molecule has 0 radical (unpaired) electrons. The summed E-state index contributed by atoms with van der Waals surface area (Å²) < 4.78 is 0. The van der Waals surface area contributed by atoms with E-state index in [9.17, 15) is 9.59 Å². The van der Waals surface area contributed by atoms with Gasteiger partial charge in [-0.15, -0.1) is 0 Å². The van der Waals surface area contributed by atoms with Gasteiger partial charge in [0.15, 0.2) is 0 Å². The van der Waals surface area contributed by atoms with Crippen LogP contribution in [0.1, 0.15) is 44.4 Å². The Morgan fingerprint density at radius 1 is 1.30 bits per heavy atom. The fourth-order valence-electron chi connectivity index (χ4n) is 2.70. The Morgan fingerprint density at radius 2 is 1.95 bits per heavy atom. The highest BCUT2D eigenvalue weighted by Gasteiger charge is 2.35. The molecule has 1 unspecified atom stereocenters. The zero-order valence-electron chi connectivity index (χ0n) is 12.3. The van der Waals surface area contributed by atoms with E-state index < -0.39 is 11.9 Å². The molecule has 4 heteroatoms. The fourth-order valence-corrected chi connectivity index (χ4v) is 2.70. The number of nitrogens with zero attached hydrogens (tertiary/aromatic N) is 1. The second-order valence-electron chi connectivity index (χ2n) is 6.58. The molecule has 2 N–H and O–H groups in total. The van der Waals surface area contributed by atoms with Crippen molar-refractivity contribution in [2.45, 2.75) is 39.7 Å². The van der Waals surface area contributed by atoms with Gasteiger partial charge in [-0.25, -0.2) is 0 Å². The predicted octanol–water partition coefficient (Wildman–Crippen LogP) is 2.03. The van der Waals surface area contributed by atoms with E-state index in [1.165, 1.54) is 0 Å². The van der Waals surface area contributed by atoms with Crippen LogP contribution in [0.5, 0.6) is 0 Å². The van der Waals surface area contributed by atoms with Crippen LogP contribution < -0.4 is 5.73 Å². The van der Waals surface area contributed by atoms with E-state index in [1.54, 1.807) is 4.90 Å². The monoisotopic (exact) mass is 274 g/mol.